The Labute approximate surface area is 155 Å². The van der Waals surface area contributed by atoms with Gasteiger partial charge in [-0.15, -0.1) is 4.91 Å². The zero-order chi connectivity index (χ0) is 19.4. The summed E-state index contributed by atoms with van der Waals surface area (Å²) >= 11 is 0. The molecule has 0 aliphatic carbocycles. The van der Waals surface area contributed by atoms with Crippen LogP contribution in [0.25, 0.3) is 33.6 Å². The molecule has 1 aliphatic heterocycles. The molecule has 138 valence electrons. The summed E-state index contributed by atoms with van der Waals surface area (Å²) in [4.78, 5) is 34.3. The molecule has 0 unspecified atom stereocenters. The molecule has 0 radical (unpaired) electrons. The van der Waals surface area contributed by atoms with Gasteiger partial charge in [0.2, 0.25) is 5.43 Å². The second-order valence-corrected chi connectivity index (χ2v) is 6.45. The first-order valence-corrected chi connectivity index (χ1v) is 8.44. The smallest absolute Gasteiger partial charge is 0.322 e. The number of aryl methyl sites for hydroxylation is 2. The van der Waals surface area contributed by atoms with Gasteiger partial charge in [-0.05, 0) is 6.42 Å². The van der Waals surface area contributed by atoms with E-state index in [1.807, 2.05) is 18.2 Å². The lowest BCUT2D eigenvalue weighted by Crippen LogP contribution is -2.25. The molecule has 0 saturated heterocycles. The summed E-state index contributed by atoms with van der Waals surface area (Å²) in [7, 11) is 0. The summed E-state index contributed by atoms with van der Waals surface area (Å²) in [6.45, 7) is 0.323. The molecule has 1 amide bonds. The number of H-pyrrole nitrogens is 1. The first-order chi connectivity index (χ1) is 13.6. The van der Waals surface area contributed by atoms with Crippen molar-refractivity contribution in [2.45, 2.75) is 13.0 Å². The number of nitrogens with one attached hydrogen (secondary N) is 1. The normalized spacial score (nSPS) is 12.6. The molecule has 0 bridgehead atoms. The van der Waals surface area contributed by atoms with Crippen molar-refractivity contribution in [3.05, 3.63) is 68.9 Å². The van der Waals surface area contributed by atoms with Gasteiger partial charge in [0.1, 0.15) is 16.8 Å². The number of furan rings is 1. The number of carbonyl (C=O) groups excluding carboxylic acids is 1. The average Bonchev–Trinajstić information content (AvgIpc) is 3.37. The van der Waals surface area contributed by atoms with Crippen molar-refractivity contribution < 1.29 is 13.6 Å². The van der Waals surface area contributed by atoms with Crippen molar-refractivity contribution in [3.8, 4) is 22.6 Å². The molecule has 3 aromatic heterocycles. The van der Waals surface area contributed by atoms with Gasteiger partial charge in [0.15, 0.2) is 11.6 Å². The van der Waals surface area contributed by atoms with Gasteiger partial charge >= 0.3 is 5.91 Å². The molecule has 0 atom stereocenters. The number of aromatic amines is 1. The predicted molar refractivity (Wildman–Crippen MR) is 97.3 cm³/mol. The van der Waals surface area contributed by atoms with E-state index in [2.05, 4.69) is 15.4 Å². The van der Waals surface area contributed by atoms with Crippen molar-refractivity contribution in [2.75, 3.05) is 0 Å². The van der Waals surface area contributed by atoms with Crippen LogP contribution in [0, 0.1) is 10.7 Å². The number of aromatic nitrogens is 3. The van der Waals surface area contributed by atoms with Gasteiger partial charge in [0, 0.05) is 46.2 Å². The fraction of sp³-hybridized carbons (Fsp3) is 0.105. The topological polar surface area (TPSA) is 110 Å². The van der Waals surface area contributed by atoms with Crippen LogP contribution < -0.4 is 5.43 Å². The highest BCUT2D eigenvalue weighted by molar-refractivity contribution is 5.98. The van der Waals surface area contributed by atoms with Crippen LogP contribution in [0.3, 0.4) is 0 Å². The minimum absolute atomic E-state index is 0.0388. The first kappa shape index (κ1) is 16.3. The summed E-state index contributed by atoms with van der Waals surface area (Å²) in [5.41, 5.74) is 1.15. The number of pyridine rings is 1. The highest BCUT2D eigenvalue weighted by Gasteiger charge is 2.30. The van der Waals surface area contributed by atoms with Gasteiger partial charge < -0.3 is 8.98 Å². The molecule has 1 aromatic carbocycles. The molecular formula is C19H11FN4O4. The number of benzene rings is 1. The van der Waals surface area contributed by atoms with E-state index in [4.69, 9.17) is 4.42 Å². The van der Waals surface area contributed by atoms with Gasteiger partial charge in [-0.3, -0.25) is 14.7 Å². The lowest BCUT2D eigenvalue weighted by Gasteiger charge is -2.19. The Hall–Kier alpha value is -3.88. The molecular weight excluding hydrogens is 367 g/mol. The minimum Gasteiger partial charge on any atom is -0.453 e. The molecule has 5 rings (SSSR count). The Morgan fingerprint density at radius 2 is 2.21 bits per heavy atom. The van der Waals surface area contributed by atoms with E-state index in [-0.39, 0.29) is 11.5 Å². The van der Waals surface area contributed by atoms with Crippen LogP contribution >= 0.6 is 0 Å². The maximum absolute atomic E-state index is 14.9. The molecule has 4 heterocycles. The Bertz CT molecular complexity index is 1330. The number of rotatable bonds is 2. The minimum atomic E-state index is -1.29. The van der Waals surface area contributed by atoms with Gasteiger partial charge in [-0.2, -0.15) is 5.10 Å². The predicted octanol–water partition coefficient (Wildman–Crippen LogP) is 3.25. The average molecular weight is 378 g/mol. The number of nitrogens with zero attached hydrogens (tertiary/aromatic N) is 3. The molecule has 28 heavy (non-hydrogen) atoms. The monoisotopic (exact) mass is 378 g/mol. The van der Waals surface area contributed by atoms with Gasteiger partial charge in [0.25, 0.3) is 0 Å². The molecule has 9 heteroatoms. The maximum atomic E-state index is 14.9. The summed E-state index contributed by atoms with van der Waals surface area (Å²) in [5.74, 6) is -2.19. The zero-order valence-corrected chi connectivity index (χ0v) is 14.2. The van der Waals surface area contributed by atoms with Crippen molar-refractivity contribution in [3.63, 3.8) is 0 Å². The molecule has 1 N–H and O–H groups in total. The number of halogens is 1. The SMILES string of the molecule is O=NC(=O)c1cn2c(c(F)c1=O)-c1oc3c(-c4cn[nH]c4)cccc3c1CC2. The largest absolute Gasteiger partial charge is 0.453 e. The molecule has 0 fully saturated rings. The highest BCUT2D eigenvalue weighted by Crippen LogP contribution is 2.41. The van der Waals surface area contributed by atoms with E-state index < -0.39 is 22.7 Å². The summed E-state index contributed by atoms with van der Waals surface area (Å²) in [6, 6.07) is 5.61. The standard InChI is InChI=1S/C19H11FN4O4/c20-14-15-18-12(4-5-24(15)8-13(16(14)25)19(26)23-27)11-3-1-2-10(17(11)28-18)9-6-21-22-7-9/h1-3,6-8H,4-5H2,(H,21,22). The van der Waals surface area contributed by atoms with E-state index in [9.17, 15) is 18.9 Å². The first-order valence-electron chi connectivity index (χ1n) is 8.44. The summed E-state index contributed by atoms with van der Waals surface area (Å²) < 4.78 is 22.4. The van der Waals surface area contributed by atoms with Gasteiger partial charge in [0.05, 0.1) is 6.20 Å². The van der Waals surface area contributed by atoms with Gasteiger partial charge in [-0.1, -0.05) is 18.2 Å². The molecule has 4 aromatic rings. The van der Waals surface area contributed by atoms with Crippen molar-refractivity contribution in [2.24, 2.45) is 5.18 Å². The zero-order valence-electron chi connectivity index (χ0n) is 14.2. The van der Waals surface area contributed by atoms with Crippen molar-refractivity contribution in [1.82, 2.24) is 14.8 Å². The number of amides is 1. The van der Waals surface area contributed by atoms with Gasteiger partial charge in [-0.25, -0.2) is 4.39 Å². The fourth-order valence-corrected chi connectivity index (χ4v) is 3.71. The highest BCUT2D eigenvalue weighted by atomic mass is 19.1. The number of hydrogen-bond donors (Lipinski definition) is 1. The quantitative estimate of drug-likeness (QED) is 0.538. The van der Waals surface area contributed by atoms with Crippen LogP contribution in [0.5, 0.6) is 0 Å². The van der Waals surface area contributed by atoms with Crippen molar-refractivity contribution >= 4 is 16.9 Å². The third-order valence-electron chi connectivity index (χ3n) is 4.98. The molecule has 0 spiro atoms. The fourth-order valence-electron chi connectivity index (χ4n) is 3.71. The van der Waals surface area contributed by atoms with Crippen LogP contribution in [-0.2, 0) is 13.0 Å². The van der Waals surface area contributed by atoms with E-state index in [1.54, 1.807) is 12.4 Å². The second-order valence-electron chi connectivity index (χ2n) is 6.45. The van der Waals surface area contributed by atoms with Crippen LogP contribution in [0.4, 0.5) is 4.39 Å². The summed E-state index contributed by atoms with van der Waals surface area (Å²) in [6.07, 6.45) is 5.05. The van der Waals surface area contributed by atoms with Crippen molar-refractivity contribution in [1.29, 1.82) is 0 Å². The lowest BCUT2D eigenvalue weighted by atomic mass is 9.99. The second kappa shape index (κ2) is 5.81. The third-order valence-corrected chi connectivity index (χ3v) is 4.98. The van der Waals surface area contributed by atoms with Crippen LogP contribution in [-0.4, -0.2) is 20.7 Å². The van der Waals surface area contributed by atoms with Crippen LogP contribution in [0.15, 0.2) is 51.2 Å². The number of para-hydroxylation sites is 1. The van der Waals surface area contributed by atoms with E-state index in [0.717, 1.165) is 28.3 Å². The molecule has 0 saturated carbocycles. The number of fused-ring (bicyclic) bond motifs is 5. The lowest BCUT2D eigenvalue weighted by molar-refractivity contribution is 0.0998. The number of nitroso groups, excluding NO2 is 1. The van der Waals surface area contributed by atoms with E-state index in [1.165, 1.54) is 4.57 Å². The number of hydrogen-bond acceptors (Lipinski definition) is 5. The molecule has 8 nitrogen and oxygen atoms in total. The molecule has 1 aliphatic rings. The third kappa shape index (κ3) is 2.13. The maximum Gasteiger partial charge on any atom is 0.322 e. The van der Waals surface area contributed by atoms with Crippen LogP contribution in [0.1, 0.15) is 15.9 Å². The Kier molecular flexibility index (Phi) is 3.38. The Morgan fingerprint density at radius 1 is 1.36 bits per heavy atom. The van der Waals surface area contributed by atoms with Crippen LogP contribution in [0.2, 0.25) is 0 Å². The van der Waals surface area contributed by atoms with E-state index in [0.29, 0.717) is 18.5 Å². The Balaban J connectivity index is 1.81. The number of carbonyl (C=O) groups is 1. The Morgan fingerprint density at radius 3 is 2.96 bits per heavy atom. The summed E-state index contributed by atoms with van der Waals surface area (Å²) in [5, 5.41) is 9.74. The van der Waals surface area contributed by atoms with E-state index >= 15 is 0 Å².